The fourth-order valence-electron chi connectivity index (χ4n) is 3.61. The molecule has 2 aromatic heterocycles. The Morgan fingerprint density at radius 1 is 1.03 bits per heavy atom. The van der Waals surface area contributed by atoms with E-state index >= 15 is 0 Å². The first kappa shape index (κ1) is 23.7. The maximum absolute atomic E-state index is 13.2. The van der Waals surface area contributed by atoms with Gasteiger partial charge in [0.15, 0.2) is 5.75 Å². The van der Waals surface area contributed by atoms with Crippen LogP contribution < -0.4 is 15.4 Å². The molecule has 0 radical (unpaired) electrons. The van der Waals surface area contributed by atoms with E-state index in [2.05, 4.69) is 33.7 Å². The third-order valence-electron chi connectivity index (χ3n) is 5.54. The molecule has 0 spiro atoms. The van der Waals surface area contributed by atoms with Crippen LogP contribution in [0.2, 0.25) is 0 Å². The maximum atomic E-state index is 13.2. The Morgan fingerprint density at radius 3 is 2.43 bits per heavy atom. The van der Waals surface area contributed by atoms with Crippen LogP contribution in [0.5, 0.6) is 11.5 Å². The van der Waals surface area contributed by atoms with Gasteiger partial charge in [-0.05, 0) is 41.3 Å². The van der Waals surface area contributed by atoms with Crippen molar-refractivity contribution in [3.63, 3.8) is 0 Å². The summed E-state index contributed by atoms with van der Waals surface area (Å²) in [5.74, 6) is 1.51. The number of aryl methyl sites for hydroxylation is 1. The molecule has 2 aromatic carbocycles. The van der Waals surface area contributed by atoms with Crippen molar-refractivity contribution in [2.75, 3.05) is 11.9 Å². The average Bonchev–Trinajstić information content (AvgIpc) is 3.30. The molecular weight excluding hydrogens is 440 g/mol. The first-order valence-electron chi connectivity index (χ1n) is 11.2. The third-order valence-corrected chi connectivity index (χ3v) is 5.54. The normalized spacial score (nSPS) is 12.4. The van der Waals surface area contributed by atoms with Crippen LogP contribution >= 0.6 is 0 Å². The van der Waals surface area contributed by atoms with Gasteiger partial charge < -0.3 is 15.4 Å². The summed E-state index contributed by atoms with van der Waals surface area (Å²) in [5.41, 5.74) is 2.57. The zero-order valence-electron chi connectivity index (χ0n) is 19.6. The van der Waals surface area contributed by atoms with E-state index in [0.29, 0.717) is 29.4 Å². The summed E-state index contributed by atoms with van der Waals surface area (Å²) >= 11 is 0. The van der Waals surface area contributed by atoms with Crippen LogP contribution in [0.3, 0.4) is 0 Å². The molecule has 0 aliphatic carbocycles. The monoisotopic (exact) mass is 466 g/mol. The van der Waals surface area contributed by atoms with Crippen molar-refractivity contribution in [2.24, 2.45) is 7.05 Å². The van der Waals surface area contributed by atoms with Gasteiger partial charge in [-0.2, -0.15) is 10.4 Å². The highest BCUT2D eigenvalue weighted by molar-refractivity contribution is 5.94. The van der Waals surface area contributed by atoms with Gasteiger partial charge in [-0.15, -0.1) is 0 Å². The zero-order valence-corrected chi connectivity index (χ0v) is 19.6. The van der Waals surface area contributed by atoms with E-state index in [1.807, 2.05) is 49.5 Å². The van der Waals surface area contributed by atoms with Gasteiger partial charge in [0, 0.05) is 13.6 Å². The number of hydrogen-bond acceptors (Lipinski definition) is 6. The molecule has 8 nitrogen and oxygen atoms in total. The Hall–Kier alpha value is -4.48. The molecule has 0 unspecified atom stereocenters. The van der Waals surface area contributed by atoms with E-state index in [0.717, 1.165) is 11.1 Å². The highest BCUT2D eigenvalue weighted by Crippen LogP contribution is 2.22. The van der Waals surface area contributed by atoms with Gasteiger partial charge in [0.2, 0.25) is 5.91 Å². The van der Waals surface area contributed by atoms with Gasteiger partial charge in [-0.25, -0.2) is 4.98 Å². The lowest BCUT2D eigenvalue weighted by molar-refractivity contribution is -0.118. The fraction of sp³-hybridized carbons (Fsp3) is 0.185. The molecule has 0 saturated heterocycles. The van der Waals surface area contributed by atoms with Gasteiger partial charge in [-0.1, -0.05) is 49.4 Å². The molecule has 4 aromatic rings. The second-order valence-corrected chi connectivity index (χ2v) is 8.21. The van der Waals surface area contributed by atoms with Gasteiger partial charge in [0.05, 0.1) is 30.2 Å². The molecule has 0 bridgehead atoms. The van der Waals surface area contributed by atoms with E-state index in [1.165, 1.54) is 0 Å². The first-order valence-corrected chi connectivity index (χ1v) is 11.2. The molecule has 1 amide bonds. The summed E-state index contributed by atoms with van der Waals surface area (Å²) in [5, 5.41) is 19.4. The first-order chi connectivity index (χ1) is 17.0. The SMILES string of the molecule is C[C@@H](CN[C@H](C(=O)Nc1ccc(Oc2cnn(C)c2)cn1)c1ccccc1)c1ccc(C#N)cc1. The molecule has 176 valence electrons. The van der Waals surface area contributed by atoms with Gasteiger partial charge in [0.25, 0.3) is 0 Å². The van der Waals surface area contributed by atoms with Crippen LogP contribution in [0.4, 0.5) is 5.82 Å². The number of aromatic nitrogens is 3. The standard InChI is InChI=1S/C27H26N6O2/c1-19(21-10-8-20(14-28)9-11-21)15-30-26(22-6-4-3-5-7-22)27(34)32-25-13-12-23(16-29-25)35-24-17-31-33(2)18-24/h3-13,16-19,26,30H,15H2,1-2H3,(H,29,32,34)/t19-,26-/m0/s1. The van der Waals surface area contributed by atoms with Gasteiger partial charge in [-0.3, -0.25) is 9.48 Å². The number of nitrogens with one attached hydrogen (secondary N) is 2. The fourth-order valence-corrected chi connectivity index (χ4v) is 3.61. The number of carbonyl (C=O) groups excluding carboxylic acids is 1. The Bertz CT molecular complexity index is 1290. The molecule has 0 aliphatic rings. The number of nitrogens with zero attached hydrogens (tertiary/aromatic N) is 4. The quantitative estimate of drug-likeness (QED) is 0.375. The van der Waals surface area contributed by atoms with Crippen molar-refractivity contribution in [1.82, 2.24) is 20.1 Å². The van der Waals surface area contributed by atoms with Crippen molar-refractivity contribution in [1.29, 1.82) is 5.26 Å². The number of carbonyl (C=O) groups is 1. The summed E-state index contributed by atoms with van der Waals surface area (Å²) in [6, 6.07) is 22.1. The second-order valence-electron chi connectivity index (χ2n) is 8.21. The maximum Gasteiger partial charge on any atom is 0.247 e. The van der Waals surface area contributed by atoms with Crippen LogP contribution in [-0.2, 0) is 11.8 Å². The van der Waals surface area contributed by atoms with E-state index in [9.17, 15) is 4.79 Å². The van der Waals surface area contributed by atoms with Crippen molar-refractivity contribution >= 4 is 11.7 Å². The second kappa shape index (κ2) is 11.1. The number of ether oxygens (including phenoxy) is 1. The van der Waals surface area contributed by atoms with Crippen molar-refractivity contribution in [3.8, 4) is 17.6 Å². The molecule has 0 aliphatic heterocycles. The number of nitriles is 1. The summed E-state index contributed by atoms with van der Waals surface area (Å²) < 4.78 is 7.36. The molecular formula is C27H26N6O2. The summed E-state index contributed by atoms with van der Waals surface area (Å²) in [4.78, 5) is 17.6. The number of benzene rings is 2. The van der Waals surface area contributed by atoms with E-state index in [-0.39, 0.29) is 11.8 Å². The highest BCUT2D eigenvalue weighted by atomic mass is 16.5. The Balaban J connectivity index is 1.42. The molecule has 35 heavy (non-hydrogen) atoms. The summed E-state index contributed by atoms with van der Waals surface area (Å²) in [7, 11) is 1.81. The van der Waals surface area contributed by atoms with Crippen molar-refractivity contribution in [3.05, 3.63) is 102 Å². The minimum atomic E-state index is -0.565. The van der Waals surface area contributed by atoms with E-state index in [1.54, 1.807) is 47.5 Å². The van der Waals surface area contributed by atoms with Gasteiger partial charge >= 0.3 is 0 Å². The smallest absolute Gasteiger partial charge is 0.247 e. The van der Waals surface area contributed by atoms with Crippen LogP contribution in [0.25, 0.3) is 0 Å². The van der Waals surface area contributed by atoms with E-state index in [4.69, 9.17) is 10.00 Å². The number of hydrogen-bond donors (Lipinski definition) is 2. The molecule has 2 N–H and O–H groups in total. The minimum absolute atomic E-state index is 0.142. The lowest BCUT2D eigenvalue weighted by Crippen LogP contribution is -2.35. The number of amides is 1. The molecule has 2 atom stereocenters. The lowest BCUT2D eigenvalue weighted by Gasteiger charge is -2.21. The predicted octanol–water partition coefficient (Wildman–Crippen LogP) is 4.55. The number of anilines is 1. The highest BCUT2D eigenvalue weighted by Gasteiger charge is 2.21. The predicted molar refractivity (Wildman–Crippen MR) is 133 cm³/mol. The molecule has 0 saturated carbocycles. The largest absolute Gasteiger partial charge is 0.452 e. The molecule has 4 rings (SSSR count). The van der Waals surface area contributed by atoms with E-state index < -0.39 is 6.04 Å². The van der Waals surface area contributed by atoms with Gasteiger partial charge in [0.1, 0.15) is 17.6 Å². The summed E-state index contributed by atoms with van der Waals surface area (Å²) in [6.07, 6.45) is 4.93. The minimum Gasteiger partial charge on any atom is -0.452 e. The molecule has 0 fully saturated rings. The van der Waals surface area contributed by atoms with Crippen LogP contribution in [0, 0.1) is 11.3 Å². The molecule has 2 heterocycles. The third kappa shape index (κ3) is 6.31. The number of pyridine rings is 1. The van der Waals surface area contributed by atoms with Crippen LogP contribution in [0.1, 0.15) is 35.6 Å². The lowest BCUT2D eigenvalue weighted by atomic mass is 9.98. The topological polar surface area (TPSA) is 105 Å². The summed E-state index contributed by atoms with van der Waals surface area (Å²) in [6.45, 7) is 2.65. The van der Waals surface area contributed by atoms with Crippen molar-refractivity contribution in [2.45, 2.75) is 18.9 Å². The zero-order chi connectivity index (χ0) is 24.6. The molecule has 8 heteroatoms. The van der Waals surface area contributed by atoms with Crippen molar-refractivity contribution < 1.29 is 9.53 Å². The Kier molecular flexibility index (Phi) is 7.50. The Morgan fingerprint density at radius 2 is 1.80 bits per heavy atom. The number of rotatable bonds is 9. The van der Waals surface area contributed by atoms with Crippen LogP contribution in [0.15, 0.2) is 85.3 Å². The Labute approximate surface area is 204 Å². The van der Waals surface area contributed by atoms with Crippen LogP contribution in [-0.4, -0.2) is 27.2 Å². The average molecular weight is 467 g/mol.